The van der Waals surface area contributed by atoms with E-state index in [4.69, 9.17) is 10.00 Å². The Labute approximate surface area is 162 Å². The van der Waals surface area contributed by atoms with E-state index in [0.29, 0.717) is 44.2 Å². The monoisotopic (exact) mass is 376 g/mol. The molecule has 150 valence electrons. The second-order valence-corrected chi connectivity index (χ2v) is 9.46. The number of hydrogen-bond donors (Lipinski definition) is 1. The molecule has 0 aromatic rings. The lowest BCUT2D eigenvalue weighted by Crippen LogP contribution is -2.54. The van der Waals surface area contributed by atoms with Crippen LogP contribution in [0.4, 0.5) is 4.79 Å². The fourth-order valence-corrected chi connectivity index (χ4v) is 5.35. The molecule has 3 unspecified atom stereocenters. The van der Waals surface area contributed by atoms with Gasteiger partial charge >= 0.3 is 6.03 Å². The number of nitrogens with zero attached hydrogens (tertiary/aromatic N) is 3. The quantitative estimate of drug-likeness (QED) is 0.719. The van der Waals surface area contributed by atoms with Gasteiger partial charge in [-0.2, -0.15) is 5.26 Å². The first-order chi connectivity index (χ1) is 12.7. The van der Waals surface area contributed by atoms with Gasteiger partial charge in [-0.1, -0.05) is 20.8 Å². The molecule has 1 spiro atoms. The molecule has 0 radical (unpaired) electrons. The third-order valence-corrected chi connectivity index (χ3v) is 6.05. The first-order valence-corrected chi connectivity index (χ1v) is 10.1. The lowest BCUT2D eigenvalue weighted by molar-refractivity contribution is -0.136. The smallest absolute Gasteiger partial charge is 0.326 e. The Morgan fingerprint density at radius 2 is 2.15 bits per heavy atom. The van der Waals surface area contributed by atoms with E-state index in [0.717, 1.165) is 26.0 Å². The molecule has 7 heteroatoms. The van der Waals surface area contributed by atoms with Gasteiger partial charge in [-0.3, -0.25) is 9.69 Å². The largest absolute Gasteiger partial charge is 0.381 e. The van der Waals surface area contributed by atoms with Crippen molar-refractivity contribution >= 4 is 11.9 Å². The predicted molar refractivity (Wildman–Crippen MR) is 101 cm³/mol. The number of nitriles is 1. The molecule has 2 aliphatic heterocycles. The van der Waals surface area contributed by atoms with Crippen molar-refractivity contribution in [2.24, 2.45) is 17.3 Å². The lowest BCUT2D eigenvalue weighted by Gasteiger charge is -2.44. The van der Waals surface area contributed by atoms with Gasteiger partial charge in [0.2, 0.25) is 0 Å². The molecule has 0 bridgehead atoms. The minimum absolute atomic E-state index is 0.0261. The van der Waals surface area contributed by atoms with E-state index in [1.54, 1.807) is 0 Å². The van der Waals surface area contributed by atoms with Crippen molar-refractivity contribution in [3.05, 3.63) is 0 Å². The van der Waals surface area contributed by atoms with Crippen LogP contribution in [0.25, 0.3) is 0 Å². The van der Waals surface area contributed by atoms with Crippen LogP contribution in [0, 0.1) is 28.6 Å². The number of urea groups is 1. The molecule has 7 nitrogen and oxygen atoms in total. The summed E-state index contributed by atoms with van der Waals surface area (Å²) >= 11 is 0. The summed E-state index contributed by atoms with van der Waals surface area (Å²) in [5.74, 6) is 0.687. The fourth-order valence-electron chi connectivity index (χ4n) is 5.35. The van der Waals surface area contributed by atoms with Crippen LogP contribution in [0.3, 0.4) is 0 Å². The summed E-state index contributed by atoms with van der Waals surface area (Å²) in [6.07, 6.45) is 3.81. The highest BCUT2D eigenvalue weighted by Gasteiger charge is 2.56. The Balaban J connectivity index is 1.72. The van der Waals surface area contributed by atoms with E-state index >= 15 is 0 Å². The topological polar surface area (TPSA) is 85.7 Å². The fraction of sp³-hybridized carbons (Fsp3) is 0.850. The molecule has 0 aromatic heterocycles. The molecule has 1 aliphatic carbocycles. The Bertz CT molecular complexity index is 623. The maximum atomic E-state index is 13.3. The Morgan fingerprint density at radius 3 is 2.78 bits per heavy atom. The highest BCUT2D eigenvalue weighted by molar-refractivity contribution is 6.07. The predicted octanol–water partition coefficient (Wildman–Crippen LogP) is 2.33. The van der Waals surface area contributed by atoms with Gasteiger partial charge in [0.1, 0.15) is 5.54 Å². The number of carbonyl (C=O) groups excluding carboxylic acids is 2. The third-order valence-electron chi connectivity index (χ3n) is 6.05. The SMILES string of the molecule is CC1CC(C)(C)CC2(C1)NC(=O)N(CN(CCC#N)CC1CCOC1)C2=O. The molecule has 2 heterocycles. The molecule has 1 saturated carbocycles. The van der Waals surface area contributed by atoms with Crippen molar-refractivity contribution in [3.63, 3.8) is 0 Å². The van der Waals surface area contributed by atoms with E-state index in [2.05, 4.69) is 37.1 Å². The molecule has 27 heavy (non-hydrogen) atoms. The average Bonchev–Trinajstić information content (AvgIpc) is 3.13. The van der Waals surface area contributed by atoms with Gasteiger partial charge in [0.25, 0.3) is 5.91 Å². The van der Waals surface area contributed by atoms with E-state index in [1.165, 1.54) is 4.90 Å². The normalized spacial score (nSPS) is 32.9. The molecule has 3 atom stereocenters. The van der Waals surface area contributed by atoms with Crippen molar-refractivity contribution in [1.82, 2.24) is 15.1 Å². The summed E-state index contributed by atoms with van der Waals surface area (Å²) in [5, 5.41) is 12.0. The molecular weight excluding hydrogens is 344 g/mol. The molecule has 1 N–H and O–H groups in total. The van der Waals surface area contributed by atoms with Crippen LogP contribution in [0.5, 0.6) is 0 Å². The summed E-state index contributed by atoms with van der Waals surface area (Å²) in [5.41, 5.74) is -0.742. The van der Waals surface area contributed by atoms with Crippen LogP contribution in [-0.4, -0.2) is 60.2 Å². The molecular formula is C20H32N4O3. The van der Waals surface area contributed by atoms with Gasteiger partial charge in [-0.15, -0.1) is 0 Å². The zero-order chi connectivity index (χ0) is 19.7. The number of nitrogens with one attached hydrogen (secondary N) is 1. The van der Waals surface area contributed by atoms with Crippen molar-refractivity contribution in [2.45, 2.75) is 58.4 Å². The number of imide groups is 1. The van der Waals surface area contributed by atoms with Crippen molar-refractivity contribution in [2.75, 3.05) is 33.0 Å². The van der Waals surface area contributed by atoms with Crippen LogP contribution in [0.15, 0.2) is 0 Å². The summed E-state index contributed by atoms with van der Waals surface area (Å²) in [6, 6.07) is 1.87. The number of ether oxygens (including phenoxy) is 1. The highest BCUT2D eigenvalue weighted by Crippen LogP contribution is 2.46. The number of hydrogen-bond acceptors (Lipinski definition) is 5. The summed E-state index contributed by atoms with van der Waals surface area (Å²) in [4.78, 5) is 29.4. The maximum Gasteiger partial charge on any atom is 0.326 e. The lowest BCUT2D eigenvalue weighted by atomic mass is 9.64. The molecule has 3 aliphatic rings. The van der Waals surface area contributed by atoms with Crippen LogP contribution < -0.4 is 5.32 Å². The average molecular weight is 377 g/mol. The summed E-state index contributed by atoms with van der Waals surface area (Å²) in [7, 11) is 0. The second kappa shape index (κ2) is 7.76. The molecule has 3 fully saturated rings. The minimum Gasteiger partial charge on any atom is -0.381 e. The third kappa shape index (κ3) is 4.44. The van der Waals surface area contributed by atoms with Crippen LogP contribution in [0.1, 0.15) is 52.9 Å². The number of carbonyl (C=O) groups is 2. The van der Waals surface area contributed by atoms with Gasteiger partial charge in [0.15, 0.2) is 0 Å². The molecule has 2 saturated heterocycles. The van der Waals surface area contributed by atoms with Crippen LogP contribution >= 0.6 is 0 Å². The Kier molecular flexibility index (Phi) is 5.78. The van der Waals surface area contributed by atoms with E-state index < -0.39 is 5.54 Å². The van der Waals surface area contributed by atoms with Gasteiger partial charge < -0.3 is 10.1 Å². The van der Waals surface area contributed by atoms with Crippen molar-refractivity contribution in [1.29, 1.82) is 5.26 Å². The standard InChI is InChI=1S/C20H32N4O3/c1-15-9-19(2,3)13-20(10-15)17(25)24(18(26)22-20)14-23(7-4-6-21)11-16-5-8-27-12-16/h15-16H,4-5,7-14H2,1-3H3,(H,22,26). The van der Waals surface area contributed by atoms with Gasteiger partial charge in [0.05, 0.1) is 19.3 Å². The zero-order valence-corrected chi connectivity index (χ0v) is 16.8. The summed E-state index contributed by atoms with van der Waals surface area (Å²) in [6.45, 7) is 9.52. The number of rotatable bonds is 6. The van der Waals surface area contributed by atoms with Crippen molar-refractivity contribution < 1.29 is 14.3 Å². The first-order valence-electron chi connectivity index (χ1n) is 10.1. The van der Waals surface area contributed by atoms with E-state index in [1.807, 2.05) is 0 Å². The van der Waals surface area contributed by atoms with E-state index in [-0.39, 0.29) is 24.0 Å². The second-order valence-electron chi connectivity index (χ2n) is 9.46. The summed E-state index contributed by atoms with van der Waals surface area (Å²) < 4.78 is 5.45. The molecule has 3 amide bonds. The molecule has 3 rings (SSSR count). The van der Waals surface area contributed by atoms with Crippen molar-refractivity contribution in [3.8, 4) is 6.07 Å². The number of amides is 3. The van der Waals surface area contributed by atoms with E-state index in [9.17, 15) is 9.59 Å². The highest BCUT2D eigenvalue weighted by atomic mass is 16.5. The van der Waals surface area contributed by atoms with Gasteiger partial charge in [-0.25, -0.2) is 9.69 Å². The Morgan fingerprint density at radius 1 is 1.37 bits per heavy atom. The Hall–Kier alpha value is -1.65. The minimum atomic E-state index is -0.768. The molecule has 0 aromatic carbocycles. The maximum absolute atomic E-state index is 13.3. The first kappa shape index (κ1) is 20.1. The zero-order valence-electron chi connectivity index (χ0n) is 16.8. The van der Waals surface area contributed by atoms with Gasteiger partial charge in [-0.05, 0) is 42.9 Å². The van der Waals surface area contributed by atoms with Crippen LogP contribution in [0.2, 0.25) is 0 Å². The van der Waals surface area contributed by atoms with Crippen LogP contribution in [-0.2, 0) is 9.53 Å². The van der Waals surface area contributed by atoms with Gasteiger partial charge in [0, 0.05) is 26.1 Å².